The van der Waals surface area contributed by atoms with Crippen LogP contribution in [0.1, 0.15) is 45.2 Å². The minimum Gasteiger partial charge on any atom is -0.166 e. The fraction of sp³-hybridized carbons (Fsp3) is 0.333. The maximum absolute atomic E-state index is 12.8. The molecule has 21 heavy (non-hydrogen) atoms. The Morgan fingerprint density at radius 1 is 1.14 bits per heavy atom. The summed E-state index contributed by atoms with van der Waals surface area (Å²) in [7, 11) is 0. The standard InChI is InChI=1S/C18H21F3/c1-5-13(3)14(4)10-11-15(6-2)16-8-7-9-17(12-16)18(19,20)21/h6-12H,5H2,1-4H3/b11-10-,14-13+,15-6+. The van der Waals surface area contributed by atoms with Gasteiger partial charge in [-0.1, -0.05) is 48.4 Å². The van der Waals surface area contributed by atoms with Gasteiger partial charge in [-0.15, -0.1) is 0 Å². The molecule has 0 bridgehead atoms. The highest BCUT2D eigenvalue weighted by atomic mass is 19.4. The highest BCUT2D eigenvalue weighted by molar-refractivity contribution is 5.74. The van der Waals surface area contributed by atoms with Crippen molar-refractivity contribution < 1.29 is 13.2 Å². The zero-order chi connectivity index (χ0) is 16.0. The third-order valence-electron chi connectivity index (χ3n) is 3.55. The van der Waals surface area contributed by atoms with E-state index in [9.17, 15) is 13.2 Å². The number of halogens is 3. The molecule has 0 atom stereocenters. The highest BCUT2D eigenvalue weighted by Crippen LogP contribution is 2.31. The molecule has 1 aromatic rings. The van der Waals surface area contributed by atoms with Crippen molar-refractivity contribution in [2.45, 2.75) is 40.3 Å². The average Bonchev–Trinajstić information content (AvgIpc) is 2.46. The first-order chi connectivity index (χ1) is 9.79. The minimum atomic E-state index is -4.31. The van der Waals surface area contributed by atoms with Crippen LogP contribution < -0.4 is 0 Å². The first-order valence-corrected chi connectivity index (χ1v) is 6.98. The van der Waals surface area contributed by atoms with Crippen LogP contribution in [-0.4, -0.2) is 0 Å². The Morgan fingerprint density at radius 2 is 1.81 bits per heavy atom. The first kappa shape index (κ1) is 17.3. The molecule has 0 nitrogen and oxygen atoms in total. The van der Waals surface area contributed by atoms with Crippen molar-refractivity contribution in [3.05, 3.63) is 64.8 Å². The fourth-order valence-electron chi connectivity index (χ4n) is 1.87. The molecule has 0 spiro atoms. The number of rotatable bonds is 4. The quantitative estimate of drug-likeness (QED) is 0.563. The van der Waals surface area contributed by atoms with Gasteiger partial charge in [0, 0.05) is 0 Å². The van der Waals surface area contributed by atoms with Crippen molar-refractivity contribution in [1.82, 2.24) is 0 Å². The van der Waals surface area contributed by atoms with Crippen LogP contribution in [0.2, 0.25) is 0 Å². The van der Waals surface area contributed by atoms with Crippen LogP contribution in [0.3, 0.4) is 0 Å². The number of alkyl halides is 3. The Morgan fingerprint density at radius 3 is 2.33 bits per heavy atom. The topological polar surface area (TPSA) is 0 Å². The van der Waals surface area contributed by atoms with E-state index in [4.69, 9.17) is 0 Å². The molecule has 0 saturated heterocycles. The predicted octanol–water partition coefficient (Wildman–Crippen LogP) is 6.41. The largest absolute Gasteiger partial charge is 0.416 e. The van der Waals surface area contributed by atoms with Gasteiger partial charge in [-0.2, -0.15) is 13.2 Å². The summed E-state index contributed by atoms with van der Waals surface area (Å²) in [5.41, 5.74) is 3.15. The zero-order valence-corrected chi connectivity index (χ0v) is 12.9. The summed E-state index contributed by atoms with van der Waals surface area (Å²) in [5.74, 6) is 0. The summed E-state index contributed by atoms with van der Waals surface area (Å²) in [4.78, 5) is 0. The molecule has 0 fully saturated rings. The molecule has 0 aliphatic rings. The maximum atomic E-state index is 12.8. The van der Waals surface area contributed by atoms with Crippen LogP contribution in [-0.2, 0) is 6.18 Å². The van der Waals surface area contributed by atoms with Crippen LogP contribution in [0.5, 0.6) is 0 Å². The van der Waals surface area contributed by atoms with Gasteiger partial charge in [0.25, 0.3) is 0 Å². The third kappa shape index (κ3) is 4.92. The summed E-state index contributed by atoms with van der Waals surface area (Å²) in [6, 6.07) is 5.41. The van der Waals surface area contributed by atoms with E-state index in [1.165, 1.54) is 17.7 Å². The molecule has 3 heteroatoms. The molecular formula is C18H21F3. The zero-order valence-electron chi connectivity index (χ0n) is 12.9. The number of benzene rings is 1. The molecule has 1 aromatic carbocycles. The highest BCUT2D eigenvalue weighted by Gasteiger charge is 2.30. The van der Waals surface area contributed by atoms with E-state index in [2.05, 4.69) is 13.8 Å². The summed E-state index contributed by atoms with van der Waals surface area (Å²) < 4.78 is 38.3. The normalized spacial score (nSPS) is 14.5. The SMILES string of the molecule is C\C=C(/C=C\C(C)=C(/C)CC)c1cccc(C(F)(F)F)c1. The van der Waals surface area contributed by atoms with E-state index in [0.29, 0.717) is 5.56 Å². The monoisotopic (exact) mass is 294 g/mol. The molecule has 114 valence electrons. The van der Waals surface area contributed by atoms with E-state index in [-0.39, 0.29) is 0 Å². The van der Waals surface area contributed by atoms with Gasteiger partial charge in [0.15, 0.2) is 0 Å². The van der Waals surface area contributed by atoms with E-state index in [1.807, 2.05) is 32.1 Å². The molecule has 0 amide bonds. The van der Waals surface area contributed by atoms with Crippen molar-refractivity contribution in [3.63, 3.8) is 0 Å². The second kappa shape index (κ2) is 7.30. The first-order valence-electron chi connectivity index (χ1n) is 6.98. The van der Waals surface area contributed by atoms with Crippen LogP contribution in [0.25, 0.3) is 5.57 Å². The molecule has 1 rings (SSSR count). The van der Waals surface area contributed by atoms with Gasteiger partial charge in [0.1, 0.15) is 0 Å². The van der Waals surface area contributed by atoms with Crippen molar-refractivity contribution in [1.29, 1.82) is 0 Å². The van der Waals surface area contributed by atoms with E-state index < -0.39 is 11.7 Å². The lowest BCUT2D eigenvalue weighted by Crippen LogP contribution is -2.04. The number of hydrogen-bond donors (Lipinski definition) is 0. The van der Waals surface area contributed by atoms with Gasteiger partial charge < -0.3 is 0 Å². The summed E-state index contributed by atoms with van der Waals surface area (Å²) >= 11 is 0. The predicted molar refractivity (Wildman–Crippen MR) is 82.9 cm³/mol. The lowest BCUT2D eigenvalue weighted by Gasteiger charge is -2.09. The van der Waals surface area contributed by atoms with Crippen LogP contribution in [0.4, 0.5) is 13.2 Å². The Kier molecular flexibility index (Phi) is 6.01. The minimum absolute atomic E-state index is 0.575. The van der Waals surface area contributed by atoms with Crippen LogP contribution in [0, 0.1) is 0 Å². The molecule has 0 aliphatic heterocycles. The van der Waals surface area contributed by atoms with Gasteiger partial charge in [-0.05, 0) is 50.5 Å². The Hall–Kier alpha value is -1.77. The molecule has 0 unspecified atom stereocenters. The second-order valence-electron chi connectivity index (χ2n) is 4.97. The van der Waals surface area contributed by atoms with Crippen LogP contribution in [0.15, 0.2) is 53.6 Å². The Labute approximate surface area is 124 Å². The molecule has 0 aromatic heterocycles. The molecule has 0 aliphatic carbocycles. The van der Waals surface area contributed by atoms with Gasteiger partial charge in [0.2, 0.25) is 0 Å². The smallest absolute Gasteiger partial charge is 0.166 e. The molecule has 0 heterocycles. The van der Waals surface area contributed by atoms with E-state index in [1.54, 1.807) is 6.07 Å². The van der Waals surface area contributed by atoms with Crippen molar-refractivity contribution in [2.75, 3.05) is 0 Å². The van der Waals surface area contributed by atoms with Gasteiger partial charge in [-0.25, -0.2) is 0 Å². The average molecular weight is 294 g/mol. The molecular weight excluding hydrogens is 273 g/mol. The summed E-state index contributed by atoms with van der Waals surface area (Å²) in [6.45, 7) is 7.97. The van der Waals surface area contributed by atoms with E-state index in [0.717, 1.165) is 23.6 Å². The van der Waals surface area contributed by atoms with Gasteiger partial charge in [0.05, 0.1) is 5.56 Å². The number of hydrogen-bond acceptors (Lipinski definition) is 0. The Balaban J connectivity index is 3.11. The van der Waals surface area contributed by atoms with Crippen LogP contribution >= 0.6 is 0 Å². The summed E-state index contributed by atoms with van der Waals surface area (Å²) in [5, 5.41) is 0. The fourth-order valence-corrected chi connectivity index (χ4v) is 1.87. The van der Waals surface area contributed by atoms with Gasteiger partial charge in [-0.3, -0.25) is 0 Å². The van der Waals surface area contributed by atoms with Crippen molar-refractivity contribution in [3.8, 4) is 0 Å². The molecule has 0 N–H and O–H groups in total. The molecule has 0 saturated carbocycles. The van der Waals surface area contributed by atoms with Gasteiger partial charge >= 0.3 is 6.18 Å². The lowest BCUT2D eigenvalue weighted by molar-refractivity contribution is -0.137. The summed E-state index contributed by atoms with van der Waals surface area (Å²) in [6.07, 6.45) is 2.29. The molecule has 0 radical (unpaired) electrons. The van der Waals surface area contributed by atoms with Crippen molar-refractivity contribution in [2.24, 2.45) is 0 Å². The van der Waals surface area contributed by atoms with E-state index >= 15 is 0 Å². The Bertz CT molecular complexity index is 572. The third-order valence-corrected chi connectivity index (χ3v) is 3.55. The lowest BCUT2D eigenvalue weighted by atomic mass is 10.0. The number of allylic oxidation sites excluding steroid dienone is 6. The maximum Gasteiger partial charge on any atom is 0.416 e. The van der Waals surface area contributed by atoms with Crippen molar-refractivity contribution >= 4 is 5.57 Å². The second-order valence-corrected chi connectivity index (χ2v) is 4.97.